The van der Waals surface area contributed by atoms with Crippen LogP contribution in [0.5, 0.6) is 5.75 Å². The second-order valence-corrected chi connectivity index (χ2v) is 8.93. The molecule has 0 aliphatic carbocycles. The van der Waals surface area contributed by atoms with Crippen LogP contribution in [0.15, 0.2) is 77.3 Å². The van der Waals surface area contributed by atoms with E-state index in [0.29, 0.717) is 29.3 Å². The van der Waals surface area contributed by atoms with E-state index >= 15 is 0 Å². The van der Waals surface area contributed by atoms with Gasteiger partial charge in [-0.3, -0.25) is 9.59 Å². The molecule has 0 aliphatic rings. The highest BCUT2D eigenvalue weighted by Gasteiger charge is 2.30. The molecule has 0 unspecified atom stereocenters. The molecule has 0 spiro atoms. The van der Waals surface area contributed by atoms with Gasteiger partial charge in [0, 0.05) is 24.0 Å². The molecule has 0 heterocycles. The second-order valence-electron chi connectivity index (χ2n) is 7.61. The molecule has 0 aromatic heterocycles. The molecule has 0 aliphatic heterocycles. The van der Waals surface area contributed by atoms with Crippen molar-refractivity contribution in [2.24, 2.45) is 0 Å². The summed E-state index contributed by atoms with van der Waals surface area (Å²) in [6, 6.07) is 19.6. The highest BCUT2D eigenvalue weighted by molar-refractivity contribution is 9.10. The Bertz CT molecular complexity index is 1110. The van der Waals surface area contributed by atoms with E-state index in [0.717, 1.165) is 10.0 Å². The number of carbonyl (C=O) groups excluding carboxylic acids is 2. The molecule has 0 saturated carbocycles. The number of halogens is 3. The molecule has 0 fully saturated rings. The van der Waals surface area contributed by atoms with Gasteiger partial charge in [-0.05, 0) is 48.4 Å². The van der Waals surface area contributed by atoms with Crippen LogP contribution in [0, 0.1) is 5.82 Å². The number of rotatable bonds is 10. The average molecular weight is 548 g/mol. The van der Waals surface area contributed by atoms with E-state index < -0.39 is 11.9 Å². The normalized spacial score (nSPS) is 11.5. The minimum absolute atomic E-state index is 0.116. The van der Waals surface area contributed by atoms with Gasteiger partial charge in [-0.15, -0.1) is 0 Å². The van der Waals surface area contributed by atoms with E-state index in [-0.39, 0.29) is 24.9 Å². The second kappa shape index (κ2) is 12.5. The third kappa shape index (κ3) is 7.30. The van der Waals surface area contributed by atoms with Crippen molar-refractivity contribution >= 4 is 39.3 Å². The zero-order valence-electron chi connectivity index (χ0n) is 18.6. The van der Waals surface area contributed by atoms with Crippen LogP contribution < -0.4 is 10.1 Å². The molecule has 2 amide bonds. The Kier molecular flexibility index (Phi) is 9.48. The van der Waals surface area contributed by atoms with E-state index in [1.165, 1.54) is 17.0 Å². The molecule has 178 valence electrons. The summed E-state index contributed by atoms with van der Waals surface area (Å²) in [5, 5.41) is 3.18. The smallest absolute Gasteiger partial charge is 0.261 e. The minimum Gasteiger partial charge on any atom is -0.482 e. The van der Waals surface area contributed by atoms with E-state index in [2.05, 4.69) is 21.2 Å². The lowest BCUT2D eigenvalue weighted by atomic mass is 10.0. The van der Waals surface area contributed by atoms with Crippen molar-refractivity contribution < 1.29 is 18.7 Å². The number of amides is 2. The topological polar surface area (TPSA) is 58.6 Å². The molecule has 34 heavy (non-hydrogen) atoms. The van der Waals surface area contributed by atoms with Crippen molar-refractivity contribution in [3.8, 4) is 5.75 Å². The molecule has 0 saturated heterocycles. The number of hydrogen-bond donors (Lipinski definition) is 1. The Morgan fingerprint density at radius 2 is 1.76 bits per heavy atom. The summed E-state index contributed by atoms with van der Waals surface area (Å²) in [5.74, 6) is -0.684. The van der Waals surface area contributed by atoms with Crippen molar-refractivity contribution in [3.63, 3.8) is 0 Å². The summed E-state index contributed by atoms with van der Waals surface area (Å²) in [5.41, 5.74) is 1.60. The van der Waals surface area contributed by atoms with Gasteiger partial charge in [-0.1, -0.05) is 70.0 Å². The zero-order chi connectivity index (χ0) is 24.5. The fraction of sp³-hybridized carbons (Fsp3) is 0.231. The van der Waals surface area contributed by atoms with E-state index in [9.17, 15) is 14.0 Å². The van der Waals surface area contributed by atoms with Crippen LogP contribution in [-0.4, -0.2) is 35.9 Å². The standard InChI is InChI=1S/C26H25BrClFN2O3/c1-2-30-26(33)23(14-18-6-4-3-5-7-18)31(16-19-8-11-21(29)12-9-19)25(32)17-34-24-13-10-20(27)15-22(24)28/h3-13,15,23H,2,14,16-17H2,1H3,(H,30,33)/t23-/m0/s1. The summed E-state index contributed by atoms with van der Waals surface area (Å²) < 4.78 is 19.9. The fourth-order valence-electron chi connectivity index (χ4n) is 3.45. The first-order chi connectivity index (χ1) is 16.4. The van der Waals surface area contributed by atoms with Crippen molar-refractivity contribution in [3.05, 3.63) is 99.2 Å². The first-order valence-electron chi connectivity index (χ1n) is 10.8. The van der Waals surface area contributed by atoms with Gasteiger partial charge in [0.1, 0.15) is 17.6 Å². The fourth-order valence-corrected chi connectivity index (χ4v) is 4.18. The number of hydrogen-bond acceptors (Lipinski definition) is 3. The highest BCUT2D eigenvalue weighted by Crippen LogP contribution is 2.28. The third-order valence-electron chi connectivity index (χ3n) is 5.13. The highest BCUT2D eigenvalue weighted by atomic mass is 79.9. The lowest BCUT2D eigenvalue weighted by Gasteiger charge is -2.31. The molecule has 3 aromatic rings. The maximum absolute atomic E-state index is 13.5. The molecule has 3 rings (SSSR count). The zero-order valence-corrected chi connectivity index (χ0v) is 21.0. The Hall–Kier alpha value is -2.90. The average Bonchev–Trinajstić information content (AvgIpc) is 2.82. The van der Waals surface area contributed by atoms with Gasteiger partial charge in [-0.2, -0.15) is 0 Å². The van der Waals surface area contributed by atoms with E-state index in [1.807, 2.05) is 37.3 Å². The van der Waals surface area contributed by atoms with Crippen LogP contribution in [0.1, 0.15) is 18.1 Å². The lowest BCUT2D eigenvalue weighted by molar-refractivity contribution is -0.142. The lowest BCUT2D eigenvalue weighted by Crippen LogP contribution is -2.51. The molecular weight excluding hydrogens is 523 g/mol. The van der Waals surface area contributed by atoms with Crippen LogP contribution >= 0.6 is 27.5 Å². The van der Waals surface area contributed by atoms with Crippen molar-refractivity contribution in [2.45, 2.75) is 25.9 Å². The van der Waals surface area contributed by atoms with Crippen LogP contribution in [0.25, 0.3) is 0 Å². The Balaban J connectivity index is 1.89. The molecule has 0 radical (unpaired) electrons. The van der Waals surface area contributed by atoms with Crippen molar-refractivity contribution in [1.82, 2.24) is 10.2 Å². The van der Waals surface area contributed by atoms with Gasteiger partial charge < -0.3 is 15.0 Å². The van der Waals surface area contributed by atoms with Gasteiger partial charge in [-0.25, -0.2) is 4.39 Å². The van der Waals surface area contributed by atoms with Gasteiger partial charge in [0.2, 0.25) is 5.91 Å². The molecule has 8 heteroatoms. The van der Waals surface area contributed by atoms with Crippen LogP contribution in [0.4, 0.5) is 4.39 Å². The summed E-state index contributed by atoms with van der Waals surface area (Å²) in [6.45, 7) is 2.05. The van der Waals surface area contributed by atoms with Gasteiger partial charge >= 0.3 is 0 Å². The maximum atomic E-state index is 13.5. The Morgan fingerprint density at radius 1 is 1.06 bits per heavy atom. The van der Waals surface area contributed by atoms with E-state index in [4.69, 9.17) is 16.3 Å². The Labute approximate surface area is 212 Å². The third-order valence-corrected chi connectivity index (χ3v) is 5.92. The van der Waals surface area contributed by atoms with Crippen LogP contribution in [0.3, 0.4) is 0 Å². The number of nitrogens with zero attached hydrogens (tertiary/aromatic N) is 1. The van der Waals surface area contributed by atoms with Crippen molar-refractivity contribution in [2.75, 3.05) is 13.2 Å². The summed E-state index contributed by atoms with van der Waals surface area (Å²) in [7, 11) is 0. The van der Waals surface area contributed by atoms with Gasteiger partial charge in [0.05, 0.1) is 5.02 Å². The number of carbonyl (C=O) groups is 2. The van der Waals surface area contributed by atoms with Crippen molar-refractivity contribution in [1.29, 1.82) is 0 Å². The number of benzene rings is 3. The molecule has 1 N–H and O–H groups in total. The summed E-state index contributed by atoms with van der Waals surface area (Å²) in [6.07, 6.45) is 0.318. The number of nitrogens with one attached hydrogen (secondary N) is 1. The first kappa shape index (κ1) is 25.7. The summed E-state index contributed by atoms with van der Waals surface area (Å²) in [4.78, 5) is 27.9. The first-order valence-corrected chi connectivity index (χ1v) is 12.0. The predicted molar refractivity (Wildman–Crippen MR) is 134 cm³/mol. The summed E-state index contributed by atoms with van der Waals surface area (Å²) >= 11 is 9.56. The van der Waals surface area contributed by atoms with Gasteiger partial charge in [0.15, 0.2) is 6.61 Å². The van der Waals surface area contributed by atoms with Gasteiger partial charge in [0.25, 0.3) is 5.91 Å². The number of likely N-dealkylation sites (N-methyl/N-ethyl adjacent to an activating group) is 1. The predicted octanol–water partition coefficient (Wildman–Crippen LogP) is 5.40. The maximum Gasteiger partial charge on any atom is 0.261 e. The van der Waals surface area contributed by atoms with Crippen LogP contribution in [0.2, 0.25) is 5.02 Å². The molecular formula is C26H25BrClFN2O3. The quantitative estimate of drug-likeness (QED) is 0.370. The number of ether oxygens (including phenoxy) is 1. The van der Waals surface area contributed by atoms with E-state index in [1.54, 1.807) is 30.3 Å². The minimum atomic E-state index is -0.788. The van der Waals surface area contributed by atoms with Crippen LogP contribution in [-0.2, 0) is 22.6 Å². The Morgan fingerprint density at radius 3 is 2.41 bits per heavy atom. The largest absolute Gasteiger partial charge is 0.482 e. The molecule has 5 nitrogen and oxygen atoms in total. The molecule has 3 aromatic carbocycles. The SMILES string of the molecule is CCNC(=O)[C@H](Cc1ccccc1)N(Cc1ccc(F)cc1)C(=O)COc1ccc(Br)cc1Cl. The molecule has 1 atom stereocenters. The molecule has 0 bridgehead atoms. The monoisotopic (exact) mass is 546 g/mol.